The van der Waals surface area contributed by atoms with Crippen molar-refractivity contribution in [3.8, 4) is 0 Å². The third kappa shape index (κ3) is 2.96. The first-order chi connectivity index (χ1) is 10.3. The Morgan fingerprint density at radius 2 is 1.67 bits per heavy atom. The van der Waals surface area contributed by atoms with E-state index in [2.05, 4.69) is 14.9 Å². The molecule has 1 N–H and O–H groups in total. The van der Waals surface area contributed by atoms with E-state index in [4.69, 9.17) is 0 Å². The van der Waals surface area contributed by atoms with E-state index in [1.165, 1.54) is 19.3 Å². The molecule has 1 aliphatic rings. The lowest BCUT2D eigenvalue weighted by Gasteiger charge is -2.26. The summed E-state index contributed by atoms with van der Waals surface area (Å²) >= 11 is 0. The maximum Gasteiger partial charge on any atom is 0.374 e. The molecule has 1 saturated heterocycles. The van der Waals surface area contributed by atoms with Gasteiger partial charge in [-0.25, -0.2) is 14.8 Å². The van der Waals surface area contributed by atoms with E-state index in [0.717, 1.165) is 37.1 Å². The minimum Gasteiger partial charge on any atom is -0.475 e. The van der Waals surface area contributed by atoms with Crippen molar-refractivity contribution in [3.63, 3.8) is 0 Å². The zero-order chi connectivity index (χ0) is 14.7. The van der Waals surface area contributed by atoms with Crippen LogP contribution in [0.2, 0.25) is 0 Å². The summed E-state index contributed by atoms with van der Waals surface area (Å²) in [6, 6.07) is 7.63. The summed E-state index contributed by atoms with van der Waals surface area (Å²) in [6.45, 7) is 1.86. The molecule has 0 amide bonds. The summed E-state index contributed by atoms with van der Waals surface area (Å²) in [7, 11) is 0. The Morgan fingerprint density at radius 3 is 2.38 bits per heavy atom. The maximum atomic E-state index is 11.3. The van der Waals surface area contributed by atoms with Gasteiger partial charge < -0.3 is 10.0 Å². The number of anilines is 1. The Bertz CT molecular complexity index is 649. The molecule has 5 nitrogen and oxygen atoms in total. The Labute approximate surface area is 123 Å². The topological polar surface area (TPSA) is 66.3 Å². The molecule has 0 unspecified atom stereocenters. The standard InChI is InChI=1S/C16H19N3O2/c20-16(21)14-17-13-9-5-4-8-12(13)15(18-14)19-10-6-2-1-3-7-11-19/h4-5,8-9H,1-3,6-7,10-11H2,(H,20,21). The quantitative estimate of drug-likeness (QED) is 0.918. The molecule has 21 heavy (non-hydrogen) atoms. The summed E-state index contributed by atoms with van der Waals surface area (Å²) < 4.78 is 0. The van der Waals surface area contributed by atoms with E-state index in [1.807, 2.05) is 24.3 Å². The second-order valence-electron chi connectivity index (χ2n) is 5.45. The van der Waals surface area contributed by atoms with Crippen molar-refractivity contribution in [3.05, 3.63) is 30.1 Å². The molecule has 0 spiro atoms. The van der Waals surface area contributed by atoms with Crippen LogP contribution in [0.15, 0.2) is 24.3 Å². The van der Waals surface area contributed by atoms with Crippen LogP contribution in [0.3, 0.4) is 0 Å². The molecule has 1 aromatic carbocycles. The second-order valence-corrected chi connectivity index (χ2v) is 5.45. The maximum absolute atomic E-state index is 11.3. The van der Waals surface area contributed by atoms with Gasteiger partial charge in [-0.05, 0) is 25.0 Å². The van der Waals surface area contributed by atoms with Gasteiger partial charge in [0.2, 0.25) is 5.82 Å². The minimum absolute atomic E-state index is 0.120. The van der Waals surface area contributed by atoms with Gasteiger partial charge in [-0.15, -0.1) is 0 Å². The summed E-state index contributed by atoms with van der Waals surface area (Å²) in [6.07, 6.45) is 6.00. The van der Waals surface area contributed by atoms with Crippen LogP contribution in [-0.2, 0) is 0 Å². The summed E-state index contributed by atoms with van der Waals surface area (Å²) in [5.41, 5.74) is 0.696. The van der Waals surface area contributed by atoms with E-state index in [-0.39, 0.29) is 5.82 Å². The summed E-state index contributed by atoms with van der Waals surface area (Å²) in [5.74, 6) is -0.431. The van der Waals surface area contributed by atoms with Gasteiger partial charge in [-0.3, -0.25) is 0 Å². The van der Waals surface area contributed by atoms with Crippen molar-refractivity contribution < 1.29 is 9.90 Å². The number of carboxylic acid groups (broad SMARTS) is 1. The zero-order valence-corrected chi connectivity index (χ0v) is 12.0. The van der Waals surface area contributed by atoms with Crippen LogP contribution < -0.4 is 4.90 Å². The number of fused-ring (bicyclic) bond motifs is 1. The smallest absolute Gasteiger partial charge is 0.374 e. The van der Waals surface area contributed by atoms with Gasteiger partial charge in [0.05, 0.1) is 5.52 Å². The lowest BCUT2D eigenvalue weighted by molar-refractivity contribution is 0.0684. The first kappa shape index (κ1) is 13.8. The molecule has 2 aromatic rings. The van der Waals surface area contributed by atoms with Crippen LogP contribution in [-0.4, -0.2) is 34.1 Å². The predicted molar refractivity (Wildman–Crippen MR) is 81.8 cm³/mol. The molecule has 1 aromatic heterocycles. The van der Waals surface area contributed by atoms with Crippen LogP contribution in [0.25, 0.3) is 10.9 Å². The van der Waals surface area contributed by atoms with Crippen molar-refractivity contribution in [2.75, 3.05) is 18.0 Å². The van der Waals surface area contributed by atoms with E-state index in [0.29, 0.717) is 5.52 Å². The molecular formula is C16H19N3O2. The number of rotatable bonds is 2. The van der Waals surface area contributed by atoms with E-state index < -0.39 is 5.97 Å². The molecular weight excluding hydrogens is 266 g/mol. The predicted octanol–water partition coefficient (Wildman–Crippen LogP) is 3.10. The molecule has 3 rings (SSSR count). The number of benzene rings is 1. The fraction of sp³-hybridized carbons (Fsp3) is 0.438. The fourth-order valence-electron chi connectivity index (χ4n) is 2.86. The number of hydrogen-bond donors (Lipinski definition) is 1. The summed E-state index contributed by atoms with van der Waals surface area (Å²) in [5, 5.41) is 10.2. The lowest BCUT2D eigenvalue weighted by Crippen LogP contribution is -2.28. The lowest BCUT2D eigenvalue weighted by atomic mass is 10.1. The van der Waals surface area contributed by atoms with Crippen LogP contribution in [0.4, 0.5) is 5.82 Å². The number of hydrogen-bond acceptors (Lipinski definition) is 4. The molecule has 0 atom stereocenters. The summed E-state index contributed by atoms with van der Waals surface area (Å²) in [4.78, 5) is 21.9. The molecule has 1 fully saturated rings. The van der Waals surface area contributed by atoms with Crippen molar-refractivity contribution in [2.45, 2.75) is 32.1 Å². The third-order valence-corrected chi connectivity index (χ3v) is 3.93. The number of para-hydroxylation sites is 1. The second kappa shape index (κ2) is 6.08. The van der Waals surface area contributed by atoms with Crippen LogP contribution in [0.1, 0.15) is 42.7 Å². The Balaban J connectivity index is 2.07. The number of nitrogens with zero attached hydrogens (tertiary/aromatic N) is 3. The molecule has 2 heterocycles. The molecule has 110 valence electrons. The normalized spacial score (nSPS) is 16.5. The highest BCUT2D eigenvalue weighted by Gasteiger charge is 2.18. The Kier molecular flexibility index (Phi) is 3.99. The average molecular weight is 285 g/mol. The Morgan fingerprint density at radius 1 is 1.00 bits per heavy atom. The zero-order valence-electron chi connectivity index (χ0n) is 12.0. The van der Waals surface area contributed by atoms with Gasteiger partial charge in [0, 0.05) is 18.5 Å². The number of aromatic nitrogens is 2. The van der Waals surface area contributed by atoms with Crippen molar-refractivity contribution in [2.24, 2.45) is 0 Å². The molecule has 0 bridgehead atoms. The first-order valence-corrected chi connectivity index (χ1v) is 7.51. The highest BCUT2D eigenvalue weighted by atomic mass is 16.4. The third-order valence-electron chi connectivity index (χ3n) is 3.93. The highest BCUT2D eigenvalue weighted by Crippen LogP contribution is 2.25. The highest BCUT2D eigenvalue weighted by molar-refractivity contribution is 5.93. The van der Waals surface area contributed by atoms with Crippen LogP contribution >= 0.6 is 0 Å². The first-order valence-electron chi connectivity index (χ1n) is 7.51. The van der Waals surface area contributed by atoms with Gasteiger partial charge in [-0.2, -0.15) is 0 Å². The van der Waals surface area contributed by atoms with Gasteiger partial charge in [0.25, 0.3) is 0 Å². The van der Waals surface area contributed by atoms with E-state index in [9.17, 15) is 9.90 Å². The van der Waals surface area contributed by atoms with Gasteiger partial charge in [0.1, 0.15) is 5.82 Å². The van der Waals surface area contributed by atoms with Gasteiger partial charge in [0.15, 0.2) is 0 Å². The van der Waals surface area contributed by atoms with Crippen LogP contribution in [0.5, 0.6) is 0 Å². The fourth-order valence-corrected chi connectivity index (χ4v) is 2.86. The Hall–Kier alpha value is -2.17. The average Bonchev–Trinajstić information content (AvgIpc) is 2.46. The van der Waals surface area contributed by atoms with Crippen LogP contribution in [0, 0.1) is 0 Å². The number of aromatic carboxylic acids is 1. The van der Waals surface area contributed by atoms with E-state index >= 15 is 0 Å². The van der Waals surface area contributed by atoms with Crippen molar-refractivity contribution >= 4 is 22.7 Å². The number of carboxylic acids is 1. The number of carbonyl (C=O) groups is 1. The van der Waals surface area contributed by atoms with E-state index in [1.54, 1.807) is 0 Å². The van der Waals surface area contributed by atoms with Gasteiger partial charge >= 0.3 is 5.97 Å². The SMILES string of the molecule is O=C(O)c1nc(N2CCCCCCC2)c2ccccc2n1. The molecule has 5 heteroatoms. The molecule has 0 radical (unpaired) electrons. The van der Waals surface area contributed by atoms with Crippen molar-refractivity contribution in [1.82, 2.24) is 9.97 Å². The molecule has 0 aliphatic carbocycles. The largest absolute Gasteiger partial charge is 0.475 e. The monoisotopic (exact) mass is 285 g/mol. The molecule has 0 saturated carbocycles. The molecule has 1 aliphatic heterocycles. The van der Waals surface area contributed by atoms with Gasteiger partial charge in [-0.1, -0.05) is 31.4 Å². The minimum atomic E-state index is -1.07. The van der Waals surface area contributed by atoms with Crippen molar-refractivity contribution in [1.29, 1.82) is 0 Å².